The summed E-state index contributed by atoms with van der Waals surface area (Å²) in [6.45, 7) is 3.06. The zero-order valence-electron chi connectivity index (χ0n) is 14.4. The first kappa shape index (κ1) is 16.3. The Labute approximate surface area is 150 Å². The second-order valence-corrected chi connectivity index (χ2v) is 6.29. The van der Waals surface area contributed by atoms with Gasteiger partial charge in [0.25, 0.3) is 5.91 Å². The summed E-state index contributed by atoms with van der Waals surface area (Å²) in [4.78, 5) is 31.5. The van der Waals surface area contributed by atoms with Crippen LogP contribution in [0.3, 0.4) is 0 Å². The molecule has 0 radical (unpaired) electrons. The van der Waals surface area contributed by atoms with E-state index in [9.17, 15) is 4.79 Å². The second kappa shape index (κ2) is 6.99. The molecule has 1 fully saturated rings. The van der Waals surface area contributed by atoms with Gasteiger partial charge in [-0.1, -0.05) is 5.16 Å². The molecule has 0 spiro atoms. The van der Waals surface area contributed by atoms with E-state index in [-0.39, 0.29) is 11.8 Å². The zero-order chi connectivity index (χ0) is 17.9. The van der Waals surface area contributed by atoms with Gasteiger partial charge in [-0.2, -0.15) is 4.98 Å². The van der Waals surface area contributed by atoms with Crippen molar-refractivity contribution in [3.05, 3.63) is 54.2 Å². The number of amides is 1. The van der Waals surface area contributed by atoms with Crippen LogP contribution in [0.5, 0.6) is 0 Å². The number of pyridine rings is 1. The van der Waals surface area contributed by atoms with Crippen LogP contribution in [-0.4, -0.2) is 49.0 Å². The summed E-state index contributed by atoms with van der Waals surface area (Å²) in [5, 5.41) is 3.99. The summed E-state index contributed by atoms with van der Waals surface area (Å²) >= 11 is 0. The van der Waals surface area contributed by atoms with Crippen LogP contribution >= 0.6 is 0 Å². The second-order valence-electron chi connectivity index (χ2n) is 6.29. The van der Waals surface area contributed by atoms with Crippen LogP contribution < -0.4 is 0 Å². The summed E-state index contributed by atoms with van der Waals surface area (Å²) < 4.78 is 5.09. The largest absolute Gasteiger partial charge is 0.339 e. The maximum Gasteiger partial charge on any atom is 0.255 e. The maximum atomic E-state index is 12.7. The Bertz CT molecular complexity index is 911. The van der Waals surface area contributed by atoms with E-state index >= 15 is 0 Å². The van der Waals surface area contributed by atoms with Crippen LogP contribution in [0, 0.1) is 6.92 Å². The average molecular weight is 350 g/mol. The Morgan fingerprint density at radius 2 is 2.23 bits per heavy atom. The van der Waals surface area contributed by atoms with Crippen LogP contribution in [0.1, 0.15) is 40.7 Å². The molecule has 8 heteroatoms. The van der Waals surface area contributed by atoms with Gasteiger partial charge in [0.05, 0.1) is 16.8 Å². The number of aromatic nitrogens is 5. The third-order valence-electron chi connectivity index (χ3n) is 4.52. The monoisotopic (exact) mass is 350 g/mol. The molecule has 0 aliphatic carbocycles. The van der Waals surface area contributed by atoms with Gasteiger partial charge in [-0.3, -0.25) is 9.78 Å². The molecule has 1 amide bonds. The van der Waals surface area contributed by atoms with Crippen molar-refractivity contribution < 1.29 is 9.32 Å². The number of carbonyl (C=O) groups is 1. The summed E-state index contributed by atoms with van der Waals surface area (Å²) in [7, 11) is 0. The van der Waals surface area contributed by atoms with Crippen molar-refractivity contribution in [3.8, 4) is 11.4 Å². The highest BCUT2D eigenvalue weighted by atomic mass is 16.5. The highest BCUT2D eigenvalue weighted by molar-refractivity contribution is 5.94. The Morgan fingerprint density at radius 1 is 1.31 bits per heavy atom. The normalized spacial score (nSPS) is 17.3. The standard InChI is InChI=1S/C18H18N6O2/c1-12-22-17(23-26-12)15-9-20-11-21-16(15)14-5-3-7-24(10-14)18(25)13-4-2-6-19-8-13/h2,4,6,8-9,11,14H,3,5,7,10H2,1H3/t14-/m0/s1. The van der Waals surface area contributed by atoms with Crippen molar-refractivity contribution >= 4 is 5.91 Å². The molecule has 4 rings (SSSR count). The SMILES string of the molecule is Cc1nc(-c2cncnc2[C@H]2CCCN(C(=O)c3cccnc3)C2)no1. The van der Waals surface area contributed by atoms with Gasteiger partial charge in [-0.05, 0) is 25.0 Å². The molecule has 1 atom stereocenters. The fraction of sp³-hybridized carbons (Fsp3) is 0.333. The first-order chi connectivity index (χ1) is 12.7. The number of rotatable bonds is 3. The molecule has 8 nitrogen and oxygen atoms in total. The van der Waals surface area contributed by atoms with Gasteiger partial charge < -0.3 is 9.42 Å². The molecular formula is C18H18N6O2. The highest BCUT2D eigenvalue weighted by Crippen LogP contribution is 2.31. The van der Waals surface area contributed by atoms with Gasteiger partial charge in [0.1, 0.15) is 6.33 Å². The van der Waals surface area contributed by atoms with Crippen molar-refractivity contribution in [2.75, 3.05) is 13.1 Å². The smallest absolute Gasteiger partial charge is 0.255 e. The van der Waals surface area contributed by atoms with Crippen molar-refractivity contribution in [2.45, 2.75) is 25.7 Å². The van der Waals surface area contributed by atoms with Crippen LogP contribution in [0.15, 0.2) is 41.6 Å². The van der Waals surface area contributed by atoms with E-state index < -0.39 is 0 Å². The minimum atomic E-state index is -0.00573. The average Bonchev–Trinajstić information content (AvgIpc) is 3.14. The molecule has 1 aliphatic rings. The van der Waals surface area contributed by atoms with Crippen molar-refractivity contribution in [1.29, 1.82) is 0 Å². The lowest BCUT2D eigenvalue weighted by Gasteiger charge is -2.33. The molecule has 0 bridgehead atoms. The summed E-state index contributed by atoms with van der Waals surface area (Å²) in [5.41, 5.74) is 2.21. The van der Waals surface area contributed by atoms with E-state index in [0.29, 0.717) is 23.8 Å². The number of aryl methyl sites for hydroxylation is 1. The van der Waals surface area contributed by atoms with Gasteiger partial charge in [0, 0.05) is 44.5 Å². The van der Waals surface area contributed by atoms with E-state index in [0.717, 1.165) is 30.6 Å². The predicted octanol–water partition coefficient (Wildman–Crippen LogP) is 2.25. The molecule has 0 aromatic carbocycles. The third kappa shape index (κ3) is 3.17. The van der Waals surface area contributed by atoms with Gasteiger partial charge in [-0.25, -0.2) is 9.97 Å². The molecule has 4 heterocycles. The topological polar surface area (TPSA) is 97.9 Å². The van der Waals surface area contributed by atoms with Crippen molar-refractivity contribution in [3.63, 3.8) is 0 Å². The Morgan fingerprint density at radius 3 is 3.00 bits per heavy atom. The number of hydrogen-bond acceptors (Lipinski definition) is 7. The molecule has 1 aliphatic heterocycles. The lowest BCUT2D eigenvalue weighted by Crippen LogP contribution is -2.39. The molecule has 1 saturated heterocycles. The molecule has 132 valence electrons. The number of likely N-dealkylation sites (tertiary alicyclic amines) is 1. The summed E-state index contributed by atoms with van der Waals surface area (Å²) in [6.07, 6.45) is 8.34. The molecule has 26 heavy (non-hydrogen) atoms. The van der Waals surface area contributed by atoms with Gasteiger partial charge in [0.15, 0.2) is 0 Å². The van der Waals surface area contributed by atoms with E-state index in [4.69, 9.17) is 4.52 Å². The Kier molecular flexibility index (Phi) is 4.39. The molecule has 0 unspecified atom stereocenters. The van der Waals surface area contributed by atoms with Crippen LogP contribution in [0.4, 0.5) is 0 Å². The molecule has 0 N–H and O–H groups in total. The van der Waals surface area contributed by atoms with Crippen LogP contribution in [0.25, 0.3) is 11.4 Å². The third-order valence-corrected chi connectivity index (χ3v) is 4.52. The van der Waals surface area contributed by atoms with E-state index in [1.807, 2.05) is 4.90 Å². The number of nitrogens with zero attached hydrogens (tertiary/aromatic N) is 6. The molecule has 3 aromatic rings. The van der Waals surface area contributed by atoms with Crippen LogP contribution in [0.2, 0.25) is 0 Å². The summed E-state index contributed by atoms with van der Waals surface area (Å²) in [5.74, 6) is 1.07. The number of piperidine rings is 1. The minimum Gasteiger partial charge on any atom is -0.339 e. The summed E-state index contributed by atoms with van der Waals surface area (Å²) in [6, 6.07) is 3.56. The number of carbonyl (C=O) groups excluding carboxylic acids is 1. The number of hydrogen-bond donors (Lipinski definition) is 0. The minimum absolute atomic E-state index is 0.00573. The zero-order valence-corrected chi connectivity index (χ0v) is 14.4. The van der Waals surface area contributed by atoms with Gasteiger partial charge in [-0.15, -0.1) is 0 Å². The van der Waals surface area contributed by atoms with Gasteiger partial charge in [0.2, 0.25) is 11.7 Å². The van der Waals surface area contributed by atoms with Crippen molar-refractivity contribution in [1.82, 2.24) is 30.0 Å². The lowest BCUT2D eigenvalue weighted by molar-refractivity contribution is 0.0705. The van der Waals surface area contributed by atoms with E-state index in [1.165, 1.54) is 6.33 Å². The van der Waals surface area contributed by atoms with Crippen molar-refractivity contribution in [2.24, 2.45) is 0 Å². The van der Waals surface area contributed by atoms with Crippen LogP contribution in [-0.2, 0) is 0 Å². The Balaban J connectivity index is 1.60. The first-order valence-electron chi connectivity index (χ1n) is 8.52. The maximum absolute atomic E-state index is 12.7. The van der Waals surface area contributed by atoms with Gasteiger partial charge >= 0.3 is 0 Å². The molecule has 0 saturated carbocycles. The lowest BCUT2D eigenvalue weighted by atomic mass is 9.91. The van der Waals surface area contributed by atoms with E-state index in [2.05, 4.69) is 25.1 Å². The fourth-order valence-corrected chi connectivity index (χ4v) is 3.30. The predicted molar refractivity (Wildman–Crippen MR) is 92.2 cm³/mol. The van der Waals surface area contributed by atoms with E-state index in [1.54, 1.807) is 37.6 Å². The fourth-order valence-electron chi connectivity index (χ4n) is 3.30. The molecular weight excluding hydrogens is 332 g/mol. The highest BCUT2D eigenvalue weighted by Gasteiger charge is 2.29. The molecule has 3 aromatic heterocycles. The Hall–Kier alpha value is -3.16. The first-order valence-corrected chi connectivity index (χ1v) is 8.52. The quantitative estimate of drug-likeness (QED) is 0.714.